The van der Waals surface area contributed by atoms with Crippen LogP contribution >= 0.6 is 0 Å². The van der Waals surface area contributed by atoms with Crippen molar-refractivity contribution in [1.82, 2.24) is 15.1 Å². The Bertz CT molecular complexity index is 770. The highest BCUT2D eigenvalue weighted by molar-refractivity contribution is 5.93. The SMILES string of the molecule is CN=C(NCCN1CCN(C(=O)OC(C)(C)C)CC1)Nc1ccc2c(c1)OCCCO2. The van der Waals surface area contributed by atoms with Crippen molar-refractivity contribution in [3.05, 3.63) is 18.2 Å². The molecule has 0 radical (unpaired) electrons. The van der Waals surface area contributed by atoms with Crippen LogP contribution in [0.4, 0.5) is 10.5 Å². The van der Waals surface area contributed by atoms with Gasteiger partial charge in [-0.3, -0.25) is 9.89 Å². The van der Waals surface area contributed by atoms with Gasteiger partial charge >= 0.3 is 6.09 Å². The van der Waals surface area contributed by atoms with Gasteiger partial charge in [0.2, 0.25) is 0 Å². The quantitative estimate of drug-likeness (QED) is 0.557. The van der Waals surface area contributed by atoms with Gasteiger partial charge in [-0.25, -0.2) is 4.79 Å². The Morgan fingerprint density at radius 1 is 1.13 bits per heavy atom. The number of nitrogens with zero attached hydrogens (tertiary/aromatic N) is 3. The van der Waals surface area contributed by atoms with E-state index >= 15 is 0 Å². The summed E-state index contributed by atoms with van der Waals surface area (Å²) in [5, 5.41) is 6.64. The van der Waals surface area contributed by atoms with Crippen molar-refractivity contribution in [2.75, 3.05) is 64.8 Å². The summed E-state index contributed by atoms with van der Waals surface area (Å²) in [5.74, 6) is 2.22. The number of fused-ring (bicyclic) bond motifs is 1. The summed E-state index contributed by atoms with van der Waals surface area (Å²) in [4.78, 5) is 20.6. The van der Waals surface area contributed by atoms with Gasteiger partial charge in [0.25, 0.3) is 0 Å². The van der Waals surface area contributed by atoms with Gasteiger partial charge in [0.15, 0.2) is 17.5 Å². The summed E-state index contributed by atoms with van der Waals surface area (Å²) < 4.78 is 16.9. The average Bonchev–Trinajstić information content (AvgIpc) is 2.97. The van der Waals surface area contributed by atoms with Gasteiger partial charge in [0.1, 0.15) is 5.60 Å². The Balaban J connectivity index is 1.40. The first-order chi connectivity index (χ1) is 14.8. The maximum absolute atomic E-state index is 12.2. The number of benzene rings is 1. The number of guanidine groups is 1. The van der Waals surface area contributed by atoms with E-state index in [0.717, 1.165) is 49.8 Å². The van der Waals surface area contributed by atoms with Crippen LogP contribution in [-0.2, 0) is 4.74 Å². The molecule has 0 aromatic heterocycles. The number of anilines is 1. The first-order valence-electron chi connectivity index (χ1n) is 10.9. The normalized spacial score (nSPS) is 17.7. The number of ether oxygens (including phenoxy) is 3. The lowest BCUT2D eigenvalue weighted by Gasteiger charge is -2.35. The van der Waals surface area contributed by atoms with Crippen molar-refractivity contribution in [2.45, 2.75) is 32.8 Å². The van der Waals surface area contributed by atoms with E-state index in [1.54, 1.807) is 11.9 Å². The van der Waals surface area contributed by atoms with E-state index in [-0.39, 0.29) is 6.09 Å². The minimum Gasteiger partial charge on any atom is -0.490 e. The number of carbonyl (C=O) groups excluding carboxylic acids is 1. The zero-order valence-corrected chi connectivity index (χ0v) is 19.1. The molecule has 172 valence electrons. The van der Waals surface area contributed by atoms with E-state index in [1.165, 1.54) is 0 Å². The van der Waals surface area contributed by atoms with Gasteiger partial charge < -0.3 is 29.7 Å². The number of rotatable bonds is 4. The van der Waals surface area contributed by atoms with Crippen molar-refractivity contribution in [3.63, 3.8) is 0 Å². The standard InChI is InChI=1S/C22H35N5O4/c1-22(2,3)31-21(28)27-12-10-26(11-13-27)9-8-24-20(23-4)25-17-6-7-18-19(16-17)30-15-5-14-29-18/h6-7,16H,5,8-15H2,1-4H3,(H2,23,24,25). The van der Waals surface area contributed by atoms with Crippen LogP contribution in [0, 0.1) is 0 Å². The van der Waals surface area contributed by atoms with Crippen LogP contribution in [0.5, 0.6) is 11.5 Å². The van der Waals surface area contributed by atoms with E-state index in [1.807, 2.05) is 39.0 Å². The molecule has 1 fully saturated rings. The second-order valence-corrected chi connectivity index (χ2v) is 8.65. The lowest BCUT2D eigenvalue weighted by atomic mass is 10.2. The molecular formula is C22H35N5O4. The maximum atomic E-state index is 12.2. The molecule has 9 heteroatoms. The molecule has 0 unspecified atom stereocenters. The van der Waals surface area contributed by atoms with Crippen molar-refractivity contribution >= 4 is 17.7 Å². The minimum atomic E-state index is -0.461. The summed E-state index contributed by atoms with van der Waals surface area (Å²) in [6.07, 6.45) is 0.650. The van der Waals surface area contributed by atoms with E-state index < -0.39 is 5.60 Å². The number of amides is 1. The van der Waals surface area contributed by atoms with Crippen LogP contribution < -0.4 is 20.1 Å². The second-order valence-electron chi connectivity index (χ2n) is 8.65. The van der Waals surface area contributed by atoms with Crippen molar-refractivity contribution in [2.24, 2.45) is 4.99 Å². The molecule has 2 aliphatic rings. The summed E-state index contributed by atoms with van der Waals surface area (Å²) in [6.45, 7) is 11.6. The highest BCUT2D eigenvalue weighted by Crippen LogP contribution is 2.32. The third kappa shape index (κ3) is 7.20. The third-order valence-corrected chi connectivity index (χ3v) is 4.98. The molecule has 3 rings (SSSR count). The number of hydrogen-bond donors (Lipinski definition) is 2. The summed E-state index contributed by atoms with van der Waals surface area (Å²) in [6, 6.07) is 5.81. The Hall–Kier alpha value is -2.68. The molecule has 2 heterocycles. The van der Waals surface area contributed by atoms with E-state index in [2.05, 4.69) is 20.5 Å². The molecule has 1 amide bonds. The fourth-order valence-electron chi connectivity index (χ4n) is 3.37. The summed E-state index contributed by atoms with van der Waals surface area (Å²) in [5.41, 5.74) is 0.431. The van der Waals surface area contributed by atoms with E-state index in [0.29, 0.717) is 32.3 Å². The number of aliphatic imine (C=N–C) groups is 1. The zero-order valence-electron chi connectivity index (χ0n) is 19.1. The van der Waals surface area contributed by atoms with Crippen LogP contribution in [0.2, 0.25) is 0 Å². The zero-order chi connectivity index (χ0) is 22.3. The fraction of sp³-hybridized carbons (Fsp3) is 0.636. The van der Waals surface area contributed by atoms with Gasteiger partial charge in [0.05, 0.1) is 13.2 Å². The molecule has 0 aliphatic carbocycles. The Labute approximate surface area is 184 Å². The smallest absolute Gasteiger partial charge is 0.410 e. The molecule has 0 bridgehead atoms. The van der Waals surface area contributed by atoms with Crippen LogP contribution in [0.1, 0.15) is 27.2 Å². The van der Waals surface area contributed by atoms with Crippen molar-refractivity contribution in [3.8, 4) is 11.5 Å². The third-order valence-electron chi connectivity index (χ3n) is 4.98. The Morgan fingerprint density at radius 3 is 2.52 bits per heavy atom. The average molecular weight is 434 g/mol. The second kappa shape index (κ2) is 10.6. The highest BCUT2D eigenvalue weighted by atomic mass is 16.6. The molecule has 0 atom stereocenters. The first-order valence-corrected chi connectivity index (χ1v) is 10.9. The summed E-state index contributed by atoms with van der Waals surface area (Å²) >= 11 is 0. The van der Waals surface area contributed by atoms with Gasteiger partial charge in [-0.15, -0.1) is 0 Å². The van der Waals surface area contributed by atoms with Gasteiger partial charge in [-0.2, -0.15) is 0 Å². The van der Waals surface area contributed by atoms with Crippen LogP contribution in [0.3, 0.4) is 0 Å². The molecule has 1 aromatic carbocycles. The predicted molar refractivity (Wildman–Crippen MR) is 121 cm³/mol. The lowest BCUT2D eigenvalue weighted by molar-refractivity contribution is 0.0147. The molecule has 9 nitrogen and oxygen atoms in total. The number of piperazine rings is 1. The first kappa shape index (κ1) is 23.0. The van der Waals surface area contributed by atoms with Crippen LogP contribution in [-0.4, -0.2) is 87.0 Å². The fourth-order valence-corrected chi connectivity index (χ4v) is 3.37. The van der Waals surface area contributed by atoms with E-state index in [4.69, 9.17) is 14.2 Å². The maximum Gasteiger partial charge on any atom is 0.410 e. The minimum absolute atomic E-state index is 0.231. The molecule has 1 aromatic rings. The van der Waals surface area contributed by atoms with Gasteiger partial charge in [-0.1, -0.05) is 0 Å². The van der Waals surface area contributed by atoms with Crippen molar-refractivity contribution in [1.29, 1.82) is 0 Å². The van der Waals surface area contributed by atoms with Crippen molar-refractivity contribution < 1.29 is 19.0 Å². The van der Waals surface area contributed by atoms with Crippen LogP contribution in [0.15, 0.2) is 23.2 Å². The largest absolute Gasteiger partial charge is 0.490 e. The Kier molecular flexibility index (Phi) is 7.84. The molecule has 31 heavy (non-hydrogen) atoms. The van der Waals surface area contributed by atoms with Crippen LogP contribution in [0.25, 0.3) is 0 Å². The molecule has 0 spiro atoms. The predicted octanol–water partition coefficient (Wildman–Crippen LogP) is 2.39. The monoisotopic (exact) mass is 433 g/mol. The van der Waals surface area contributed by atoms with Gasteiger partial charge in [0, 0.05) is 64.5 Å². The molecular weight excluding hydrogens is 398 g/mol. The molecule has 2 N–H and O–H groups in total. The molecule has 0 saturated carbocycles. The number of carbonyl (C=O) groups is 1. The topological polar surface area (TPSA) is 87.7 Å². The lowest BCUT2D eigenvalue weighted by Crippen LogP contribution is -2.51. The molecule has 1 saturated heterocycles. The molecule has 2 aliphatic heterocycles. The van der Waals surface area contributed by atoms with E-state index in [9.17, 15) is 4.79 Å². The van der Waals surface area contributed by atoms with Gasteiger partial charge in [-0.05, 0) is 32.9 Å². The number of hydrogen-bond acceptors (Lipinski definition) is 6. The Morgan fingerprint density at radius 2 is 1.84 bits per heavy atom. The highest BCUT2D eigenvalue weighted by Gasteiger charge is 2.25. The summed E-state index contributed by atoms with van der Waals surface area (Å²) in [7, 11) is 1.75. The number of nitrogens with one attached hydrogen (secondary N) is 2.